The summed E-state index contributed by atoms with van der Waals surface area (Å²) in [5.74, 6) is 0.587. The van der Waals surface area contributed by atoms with Crippen LogP contribution in [0, 0.1) is 10.1 Å². The Kier molecular flexibility index (Phi) is 3.15. The molecule has 0 fully saturated rings. The Bertz CT molecular complexity index is 685. The van der Waals surface area contributed by atoms with E-state index in [-0.39, 0.29) is 22.6 Å². The maximum Gasteiger partial charge on any atom is 0.274 e. The van der Waals surface area contributed by atoms with Crippen LogP contribution >= 0.6 is 11.8 Å². The topological polar surface area (TPSA) is 101 Å². The summed E-state index contributed by atoms with van der Waals surface area (Å²) in [6.07, 6.45) is 1.59. The Morgan fingerprint density at radius 1 is 1.35 bits per heavy atom. The van der Waals surface area contributed by atoms with E-state index in [9.17, 15) is 14.9 Å². The second-order valence-electron chi connectivity index (χ2n) is 4.26. The summed E-state index contributed by atoms with van der Waals surface area (Å²) >= 11 is 1.35. The van der Waals surface area contributed by atoms with Crippen LogP contribution in [-0.4, -0.2) is 26.8 Å². The lowest BCUT2D eigenvalue weighted by molar-refractivity contribution is -0.385. The number of carbonyl (C=O) groups excluding carboxylic acids is 1. The molecule has 20 heavy (non-hydrogen) atoms. The highest BCUT2D eigenvalue weighted by atomic mass is 32.2. The average Bonchev–Trinajstić information content (AvgIpc) is 2.81. The first-order valence-electron chi connectivity index (χ1n) is 5.85. The van der Waals surface area contributed by atoms with Gasteiger partial charge in [-0.2, -0.15) is 5.10 Å². The molecule has 1 aliphatic rings. The van der Waals surface area contributed by atoms with Gasteiger partial charge in [0.1, 0.15) is 5.82 Å². The summed E-state index contributed by atoms with van der Waals surface area (Å²) in [7, 11) is 0. The molecule has 2 heterocycles. The first-order chi connectivity index (χ1) is 9.66. The van der Waals surface area contributed by atoms with Gasteiger partial charge >= 0.3 is 0 Å². The number of aromatic amines is 1. The summed E-state index contributed by atoms with van der Waals surface area (Å²) in [5, 5.41) is 20.2. The minimum Gasteiger partial charge on any atom is -0.310 e. The number of fused-ring (bicyclic) bond motifs is 1. The summed E-state index contributed by atoms with van der Waals surface area (Å²) in [6.45, 7) is 0. The van der Waals surface area contributed by atoms with E-state index in [0.29, 0.717) is 11.4 Å². The van der Waals surface area contributed by atoms with Crippen LogP contribution in [0.1, 0.15) is 16.4 Å². The number of hydrogen-bond acceptors (Lipinski definition) is 5. The Balaban J connectivity index is 2.11. The Morgan fingerprint density at radius 2 is 2.15 bits per heavy atom. The monoisotopic (exact) mass is 290 g/mol. The van der Waals surface area contributed by atoms with Gasteiger partial charge in [0.15, 0.2) is 0 Å². The van der Waals surface area contributed by atoms with E-state index in [1.807, 2.05) is 0 Å². The van der Waals surface area contributed by atoms with Crippen molar-refractivity contribution in [3.05, 3.63) is 51.7 Å². The Hall–Kier alpha value is -2.35. The number of benzene rings is 1. The van der Waals surface area contributed by atoms with Crippen LogP contribution < -0.4 is 5.32 Å². The molecule has 1 aliphatic heterocycles. The maximum absolute atomic E-state index is 11.6. The molecule has 2 N–H and O–H groups in total. The van der Waals surface area contributed by atoms with Crippen LogP contribution in [0.3, 0.4) is 0 Å². The van der Waals surface area contributed by atoms with Gasteiger partial charge in [-0.1, -0.05) is 18.2 Å². The van der Waals surface area contributed by atoms with E-state index in [2.05, 4.69) is 15.5 Å². The predicted octanol–water partition coefficient (Wildman–Crippen LogP) is 2.09. The highest BCUT2D eigenvalue weighted by molar-refractivity contribution is 8.00. The van der Waals surface area contributed by atoms with E-state index in [4.69, 9.17) is 0 Å². The zero-order valence-electron chi connectivity index (χ0n) is 10.2. The number of nitro benzene ring substituents is 1. The fourth-order valence-corrected chi connectivity index (χ4v) is 3.28. The van der Waals surface area contributed by atoms with E-state index in [1.54, 1.807) is 24.4 Å². The van der Waals surface area contributed by atoms with Crippen molar-refractivity contribution in [3.63, 3.8) is 0 Å². The van der Waals surface area contributed by atoms with Crippen LogP contribution in [0.4, 0.5) is 11.5 Å². The van der Waals surface area contributed by atoms with E-state index < -0.39 is 4.92 Å². The molecule has 1 aromatic carbocycles. The predicted molar refractivity (Wildman–Crippen MR) is 74.6 cm³/mol. The summed E-state index contributed by atoms with van der Waals surface area (Å²) in [4.78, 5) is 22.4. The summed E-state index contributed by atoms with van der Waals surface area (Å²) in [6, 6.07) is 6.56. The minimum atomic E-state index is -0.407. The van der Waals surface area contributed by atoms with Crippen molar-refractivity contribution in [2.75, 3.05) is 11.1 Å². The number of anilines is 1. The first kappa shape index (κ1) is 12.7. The van der Waals surface area contributed by atoms with Crippen LogP contribution in [0.25, 0.3) is 0 Å². The molecule has 8 heteroatoms. The van der Waals surface area contributed by atoms with Gasteiger partial charge in [0.2, 0.25) is 5.91 Å². The van der Waals surface area contributed by atoms with Gasteiger partial charge in [0.05, 0.1) is 22.1 Å². The fourth-order valence-electron chi connectivity index (χ4n) is 2.15. The van der Waals surface area contributed by atoms with Crippen molar-refractivity contribution in [3.8, 4) is 0 Å². The number of thioether (sulfide) groups is 1. The molecule has 7 nitrogen and oxygen atoms in total. The number of amides is 1. The lowest BCUT2D eigenvalue weighted by Crippen LogP contribution is -2.12. The number of hydrogen-bond donors (Lipinski definition) is 2. The molecule has 0 saturated carbocycles. The van der Waals surface area contributed by atoms with Crippen molar-refractivity contribution < 1.29 is 9.72 Å². The van der Waals surface area contributed by atoms with E-state index >= 15 is 0 Å². The lowest BCUT2D eigenvalue weighted by atomic mass is 10.0. The molecule has 0 bridgehead atoms. The van der Waals surface area contributed by atoms with Crippen molar-refractivity contribution in [2.24, 2.45) is 0 Å². The number of nitrogens with zero attached hydrogens (tertiary/aromatic N) is 2. The number of H-pyrrole nitrogens is 1. The first-order valence-corrected chi connectivity index (χ1v) is 6.89. The van der Waals surface area contributed by atoms with Crippen molar-refractivity contribution in [1.82, 2.24) is 10.2 Å². The lowest BCUT2D eigenvalue weighted by Gasteiger charge is -2.13. The molecule has 2 aromatic rings. The molecule has 0 radical (unpaired) electrons. The number of para-hydroxylation sites is 1. The second kappa shape index (κ2) is 4.97. The molecule has 0 saturated heterocycles. The number of rotatable bonds is 2. The van der Waals surface area contributed by atoms with Gasteiger partial charge in [0, 0.05) is 17.2 Å². The normalized spacial score (nSPS) is 18.0. The SMILES string of the molecule is O=C1CS[C@H](c2ccccc2[N+](=O)[O-])c2cn[nH]c2N1. The smallest absolute Gasteiger partial charge is 0.274 e. The van der Waals surface area contributed by atoms with Crippen molar-refractivity contribution in [2.45, 2.75) is 5.25 Å². The molecule has 0 spiro atoms. The summed E-state index contributed by atoms with van der Waals surface area (Å²) < 4.78 is 0. The second-order valence-corrected chi connectivity index (χ2v) is 5.35. The minimum absolute atomic E-state index is 0.0477. The quantitative estimate of drug-likeness (QED) is 0.651. The number of nitro groups is 1. The van der Waals surface area contributed by atoms with E-state index in [0.717, 1.165) is 5.56 Å². The molecule has 3 rings (SSSR count). The Labute approximate surface area is 117 Å². The van der Waals surface area contributed by atoms with Crippen LogP contribution in [0.2, 0.25) is 0 Å². The molecule has 1 aromatic heterocycles. The van der Waals surface area contributed by atoms with E-state index in [1.165, 1.54) is 17.8 Å². The molecule has 1 atom stereocenters. The maximum atomic E-state index is 11.6. The van der Waals surface area contributed by atoms with Gasteiger partial charge < -0.3 is 5.32 Å². The molecule has 0 aliphatic carbocycles. The fraction of sp³-hybridized carbons (Fsp3) is 0.167. The molecular formula is C12H10N4O3S. The zero-order valence-corrected chi connectivity index (χ0v) is 11.0. The van der Waals surface area contributed by atoms with Crippen molar-refractivity contribution >= 4 is 29.2 Å². The van der Waals surface area contributed by atoms with Gasteiger partial charge in [0.25, 0.3) is 5.69 Å². The highest BCUT2D eigenvalue weighted by Crippen LogP contribution is 2.43. The molecule has 102 valence electrons. The number of carbonyl (C=O) groups is 1. The van der Waals surface area contributed by atoms with Gasteiger partial charge in [-0.25, -0.2) is 0 Å². The molecule has 1 amide bonds. The van der Waals surface area contributed by atoms with Gasteiger partial charge in [-0.3, -0.25) is 20.0 Å². The van der Waals surface area contributed by atoms with Crippen molar-refractivity contribution in [1.29, 1.82) is 0 Å². The number of nitrogens with one attached hydrogen (secondary N) is 2. The third-order valence-corrected chi connectivity index (χ3v) is 4.28. The standard InChI is InChI=1S/C12H10N4O3S/c17-10-6-20-11(8-5-13-15-12(8)14-10)7-3-1-2-4-9(7)16(18)19/h1-5,11H,6H2,(H2,13,14,15,17)/t11-/m1/s1. The third-order valence-electron chi connectivity index (χ3n) is 3.01. The van der Waals surface area contributed by atoms with Gasteiger partial charge in [-0.05, 0) is 0 Å². The van der Waals surface area contributed by atoms with Crippen LogP contribution in [0.5, 0.6) is 0 Å². The highest BCUT2D eigenvalue weighted by Gasteiger charge is 2.30. The van der Waals surface area contributed by atoms with Gasteiger partial charge in [-0.15, -0.1) is 11.8 Å². The average molecular weight is 290 g/mol. The molecular weight excluding hydrogens is 280 g/mol. The van der Waals surface area contributed by atoms with Crippen LogP contribution in [0.15, 0.2) is 30.5 Å². The number of aromatic nitrogens is 2. The Morgan fingerprint density at radius 3 is 2.95 bits per heavy atom. The molecule has 0 unspecified atom stereocenters. The van der Waals surface area contributed by atoms with Crippen LogP contribution in [-0.2, 0) is 4.79 Å². The zero-order chi connectivity index (χ0) is 14.1. The third kappa shape index (κ3) is 2.14. The summed E-state index contributed by atoms with van der Waals surface area (Å²) in [5.41, 5.74) is 1.36. The largest absolute Gasteiger partial charge is 0.310 e.